The lowest BCUT2D eigenvalue weighted by Gasteiger charge is -2.35. The summed E-state index contributed by atoms with van der Waals surface area (Å²) in [6.07, 6.45) is 4.76. The third kappa shape index (κ3) is 4.16. The molecule has 8 nitrogen and oxygen atoms in total. The molecule has 0 aliphatic carbocycles. The van der Waals surface area contributed by atoms with Gasteiger partial charge in [-0.1, -0.05) is 11.6 Å². The van der Waals surface area contributed by atoms with Gasteiger partial charge in [0, 0.05) is 24.0 Å². The van der Waals surface area contributed by atoms with Gasteiger partial charge in [-0.05, 0) is 54.8 Å². The molecule has 3 aromatic rings. The average Bonchev–Trinajstić information content (AvgIpc) is 3.21. The number of nitrogens with one attached hydrogen (secondary N) is 1. The minimum Gasteiger partial charge on any atom is -0.490 e. The van der Waals surface area contributed by atoms with Crippen LogP contribution in [0, 0.1) is 0 Å². The fourth-order valence-electron chi connectivity index (χ4n) is 4.26. The van der Waals surface area contributed by atoms with Gasteiger partial charge in [0.1, 0.15) is 12.7 Å². The zero-order chi connectivity index (χ0) is 22.1. The third-order valence-corrected chi connectivity index (χ3v) is 6.16. The summed E-state index contributed by atoms with van der Waals surface area (Å²) in [5, 5.41) is 7.68. The molecule has 1 unspecified atom stereocenters. The van der Waals surface area contributed by atoms with Crippen molar-refractivity contribution < 1.29 is 14.3 Å². The molecule has 0 spiro atoms. The highest BCUT2D eigenvalue weighted by Gasteiger charge is 2.28. The Bertz CT molecular complexity index is 1130. The molecule has 0 fully saturated rings. The van der Waals surface area contributed by atoms with Crippen LogP contribution in [0.15, 0.2) is 43.0 Å². The number of ether oxygens (including phenoxy) is 2. The maximum atomic E-state index is 13.0. The second-order valence-corrected chi connectivity index (χ2v) is 8.43. The number of carbonyl (C=O) groups is 1. The van der Waals surface area contributed by atoms with E-state index in [1.54, 1.807) is 29.2 Å². The zero-order valence-electron chi connectivity index (χ0n) is 17.8. The zero-order valence-corrected chi connectivity index (χ0v) is 18.5. The summed E-state index contributed by atoms with van der Waals surface area (Å²) >= 11 is 6.17. The minimum atomic E-state index is -0.113. The molecule has 1 N–H and O–H groups in total. The van der Waals surface area contributed by atoms with E-state index < -0.39 is 0 Å². The molecule has 2 aliphatic heterocycles. The van der Waals surface area contributed by atoms with Gasteiger partial charge in [-0.3, -0.25) is 9.69 Å². The molecule has 0 saturated carbocycles. The van der Waals surface area contributed by atoms with E-state index in [-0.39, 0.29) is 18.5 Å². The van der Waals surface area contributed by atoms with E-state index in [9.17, 15) is 4.79 Å². The lowest BCUT2D eigenvalue weighted by Crippen LogP contribution is -2.39. The van der Waals surface area contributed by atoms with Crippen molar-refractivity contribution in [2.45, 2.75) is 25.8 Å². The second-order valence-electron chi connectivity index (χ2n) is 7.99. The van der Waals surface area contributed by atoms with Crippen LogP contribution in [0.5, 0.6) is 11.5 Å². The maximum absolute atomic E-state index is 13.0. The summed E-state index contributed by atoms with van der Waals surface area (Å²) in [6.45, 7) is 4.49. The largest absolute Gasteiger partial charge is 0.490 e. The van der Waals surface area contributed by atoms with Crippen LogP contribution in [0.3, 0.4) is 0 Å². The van der Waals surface area contributed by atoms with E-state index in [2.05, 4.69) is 39.4 Å². The molecule has 32 heavy (non-hydrogen) atoms. The second kappa shape index (κ2) is 8.80. The highest BCUT2D eigenvalue weighted by molar-refractivity contribution is 6.31. The van der Waals surface area contributed by atoms with Crippen LogP contribution >= 0.6 is 11.6 Å². The van der Waals surface area contributed by atoms with Gasteiger partial charge in [-0.2, -0.15) is 5.10 Å². The summed E-state index contributed by atoms with van der Waals surface area (Å²) in [7, 11) is 0. The van der Waals surface area contributed by atoms with Crippen LogP contribution in [0.25, 0.3) is 5.69 Å². The Hall–Kier alpha value is -3.10. The molecule has 2 aromatic carbocycles. The van der Waals surface area contributed by atoms with E-state index in [1.807, 2.05) is 0 Å². The molecule has 0 saturated heterocycles. The molecule has 1 amide bonds. The van der Waals surface area contributed by atoms with Gasteiger partial charge in [0.2, 0.25) is 5.91 Å². The highest BCUT2D eigenvalue weighted by atomic mass is 35.5. The van der Waals surface area contributed by atoms with Crippen molar-refractivity contribution in [3.05, 3.63) is 59.1 Å². The number of anilines is 1. The Morgan fingerprint density at radius 3 is 2.81 bits per heavy atom. The number of fused-ring (bicyclic) bond motifs is 2. The molecule has 0 bridgehead atoms. The average molecular weight is 454 g/mol. The molecule has 1 atom stereocenters. The van der Waals surface area contributed by atoms with Gasteiger partial charge < -0.3 is 14.8 Å². The Morgan fingerprint density at radius 2 is 2.03 bits per heavy atom. The number of hydrogen-bond donors (Lipinski definition) is 1. The lowest BCUT2D eigenvalue weighted by atomic mass is 9.93. The third-order valence-electron chi connectivity index (χ3n) is 5.92. The first-order valence-corrected chi connectivity index (χ1v) is 11.1. The number of hydrogen-bond acceptors (Lipinski definition) is 6. The van der Waals surface area contributed by atoms with Gasteiger partial charge in [0.15, 0.2) is 11.5 Å². The van der Waals surface area contributed by atoms with Crippen LogP contribution in [0.1, 0.15) is 30.5 Å². The van der Waals surface area contributed by atoms with Gasteiger partial charge in [-0.25, -0.2) is 9.67 Å². The molecular formula is C23H24ClN5O3. The lowest BCUT2D eigenvalue weighted by molar-refractivity contribution is -0.117. The fourth-order valence-corrected chi connectivity index (χ4v) is 4.43. The highest BCUT2D eigenvalue weighted by Crippen LogP contribution is 2.39. The first-order chi connectivity index (χ1) is 15.6. The standard InChI is InChI=1S/C23H24ClN5O3/c1-15-18-11-22-21(31-7-2-8-32-22)9-16(18)5-6-28(15)12-23(30)27-19-10-17(24)3-4-20(19)29-14-25-13-26-29/h3-4,9-11,13-15H,2,5-8,12H2,1H3,(H,27,30). The van der Waals surface area contributed by atoms with Crippen LogP contribution < -0.4 is 14.8 Å². The molecule has 1 aromatic heterocycles. The number of aromatic nitrogens is 3. The van der Waals surface area contributed by atoms with Crippen molar-refractivity contribution in [1.82, 2.24) is 19.7 Å². The van der Waals surface area contributed by atoms with Crippen molar-refractivity contribution in [2.75, 3.05) is 31.6 Å². The monoisotopic (exact) mass is 453 g/mol. The first kappa shape index (κ1) is 20.8. The number of amides is 1. The van der Waals surface area contributed by atoms with Crippen molar-refractivity contribution >= 4 is 23.2 Å². The molecule has 2 aliphatic rings. The van der Waals surface area contributed by atoms with Gasteiger partial charge in [0.25, 0.3) is 0 Å². The summed E-state index contributed by atoms with van der Waals surface area (Å²) in [4.78, 5) is 19.1. The van der Waals surface area contributed by atoms with Gasteiger partial charge in [0.05, 0.1) is 31.1 Å². The first-order valence-electron chi connectivity index (χ1n) is 10.7. The van der Waals surface area contributed by atoms with Crippen molar-refractivity contribution in [1.29, 1.82) is 0 Å². The Balaban J connectivity index is 1.32. The summed E-state index contributed by atoms with van der Waals surface area (Å²) in [6, 6.07) is 9.53. The Morgan fingerprint density at radius 1 is 1.22 bits per heavy atom. The topological polar surface area (TPSA) is 81.5 Å². The van der Waals surface area contributed by atoms with E-state index in [0.29, 0.717) is 29.6 Å². The van der Waals surface area contributed by atoms with Crippen LogP contribution in [0.4, 0.5) is 5.69 Å². The fraction of sp³-hybridized carbons (Fsp3) is 0.348. The predicted octanol–water partition coefficient (Wildman–Crippen LogP) is 3.64. The molecular weight excluding hydrogens is 430 g/mol. The molecule has 5 rings (SSSR count). The SMILES string of the molecule is CC1c2cc3c(cc2CCN1CC(=O)Nc1cc(Cl)ccc1-n1cncn1)OCCCO3. The van der Waals surface area contributed by atoms with Gasteiger partial charge >= 0.3 is 0 Å². The Labute approximate surface area is 191 Å². The van der Waals surface area contributed by atoms with Gasteiger partial charge in [-0.15, -0.1) is 0 Å². The Kier molecular flexibility index (Phi) is 5.71. The number of rotatable bonds is 4. The number of nitrogens with zero attached hydrogens (tertiary/aromatic N) is 4. The summed E-state index contributed by atoms with van der Waals surface area (Å²) in [5.41, 5.74) is 3.73. The quantitative estimate of drug-likeness (QED) is 0.649. The normalized spacial score (nSPS) is 18.0. The summed E-state index contributed by atoms with van der Waals surface area (Å²) in [5.74, 6) is 1.50. The maximum Gasteiger partial charge on any atom is 0.238 e. The molecule has 166 valence electrons. The number of carbonyl (C=O) groups excluding carboxylic acids is 1. The summed E-state index contributed by atoms with van der Waals surface area (Å²) < 4.78 is 13.3. The molecule has 0 radical (unpaired) electrons. The van der Waals surface area contributed by atoms with Crippen LogP contribution in [-0.2, 0) is 11.2 Å². The number of halogens is 1. The van der Waals surface area contributed by atoms with E-state index in [4.69, 9.17) is 21.1 Å². The van der Waals surface area contributed by atoms with Crippen molar-refractivity contribution in [3.63, 3.8) is 0 Å². The predicted molar refractivity (Wildman–Crippen MR) is 121 cm³/mol. The van der Waals surface area contributed by atoms with Crippen LogP contribution in [0.2, 0.25) is 5.02 Å². The van der Waals surface area contributed by atoms with E-state index in [1.165, 1.54) is 17.5 Å². The van der Waals surface area contributed by atoms with Crippen molar-refractivity contribution in [2.24, 2.45) is 0 Å². The molecule has 3 heterocycles. The smallest absolute Gasteiger partial charge is 0.238 e. The minimum absolute atomic E-state index is 0.0794. The van der Waals surface area contributed by atoms with Crippen LogP contribution in [-0.4, -0.2) is 51.9 Å². The van der Waals surface area contributed by atoms with E-state index >= 15 is 0 Å². The number of benzene rings is 2. The van der Waals surface area contributed by atoms with E-state index in [0.717, 1.165) is 30.9 Å². The molecule has 9 heteroatoms. The van der Waals surface area contributed by atoms with Crippen molar-refractivity contribution in [3.8, 4) is 17.2 Å².